The molecule has 2 aromatic carbocycles. The standard InChI is InChI=1S/C18H12F2N4OS2/c19-9-5-11-15(22-23-18-21-13-3-1-2-4-14(13)27-18)17(25)24(10-7-26-8-10)16(11)12(20)6-9/h1-6,10,25H,7-8H2. The van der Waals surface area contributed by atoms with Crippen molar-refractivity contribution in [2.75, 3.05) is 11.5 Å². The number of thioether (sulfide) groups is 1. The van der Waals surface area contributed by atoms with Crippen LogP contribution in [0.15, 0.2) is 46.6 Å². The summed E-state index contributed by atoms with van der Waals surface area (Å²) in [6.45, 7) is 0. The van der Waals surface area contributed by atoms with Crippen LogP contribution >= 0.6 is 23.1 Å². The SMILES string of the molecule is Oc1c(N=Nc2nc3ccccc3s2)c2cc(F)cc(F)c2n1C1CSC1. The first-order chi connectivity index (χ1) is 13.1. The van der Waals surface area contributed by atoms with Crippen molar-refractivity contribution in [1.82, 2.24) is 9.55 Å². The quantitative estimate of drug-likeness (QED) is 0.432. The minimum atomic E-state index is -0.725. The third kappa shape index (κ3) is 2.69. The Morgan fingerprint density at radius 3 is 2.70 bits per heavy atom. The van der Waals surface area contributed by atoms with Crippen LogP contribution in [0.2, 0.25) is 0 Å². The Hall–Kier alpha value is -2.52. The Morgan fingerprint density at radius 1 is 1.15 bits per heavy atom. The van der Waals surface area contributed by atoms with E-state index in [0.29, 0.717) is 5.13 Å². The molecule has 0 unspecified atom stereocenters. The Bertz CT molecular complexity index is 1180. The first kappa shape index (κ1) is 16.6. The number of para-hydroxylation sites is 1. The number of nitrogens with zero attached hydrogens (tertiary/aromatic N) is 4. The molecule has 0 spiro atoms. The highest BCUT2D eigenvalue weighted by Gasteiger charge is 2.29. The van der Waals surface area contributed by atoms with Crippen LogP contribution in [0.3, 0.4) is 0 Å². The molecular weight excluding hydrogens is 390 g/mol. The number of thiazole rings is 1. The average molecular weight is 402 g/mol. The molecule has 0 aliphatic carbocycles. The summed E-state index contributed by atoms with van der Waals surface area (Å²) < 4.78 is 30.7. The summed E-state index contributed by atoms with van der Waals surface area (Å²) in [4.78, 5) is 4.36. The minimum Gasteiger partial charge on any atom is -0.493 e. The number of aromatic hydroxyl groups is 1. The number of hydrogen-bond donors (Lipinski definition) is 1. The van der Waals surface area contributed by atoms with Crippen molar-refractivity contribution in [3.8, 4) is 5.88 Å². The zero-order valence-electron chi connectivity index (χ0n) is 13.8. The molecule has 27 heavy (non-hydrogen) atoms. The van der Waals surface area contributed by atoms with Crippen molar-refractivity contribution in [1.29, 1.82) is 0 Å². The molecule has 1 aliphatic rings. The smallest absolute Gasteiger partial charge is 0.231 e. The number of aromatic nitrogens is 2. The van der Waals surface area contributed by atoms with E-state index in [1.807, 2.05) is 24.3 Å². The maximum absolute atomic E-state index is 14.5. The van der Waals surface area contributed by atoms with Crippen LogP contribution in [0.4, 0.5) is 19.6 Å². The lowest BCUT2D eigenvalue weighted by atomic mass is 10.2. The fourth-order valence-electron chi connectivity index (χ4n) is 3.15. The molecule has 5 rings (SSSR count). The third-order valence-corrected chi connectivity index (χ3v) is 6.63. The fraction of sp³-hybridized carbons (Fsp3) is 0.167. The second kappa shape index (κ2) is 6.28. The van der Waals surface area contributed by atoms with Gasteiger partial charge in [-0.1, -0.05) is 23.5 Å². The van der Waals surface area contributed by atoms with Gasteiger partial charge in [-0.3, -0.25) is 0 Å². The van der Waals surface area contributed by atoms with Crippen LogP contribution in [0.5, 0.6) is 5.88 Å². The maximum atomic E-state index is 14.5. The molecule has 0 amide bonds. The Morgan fingerprint density at radius 2 is 1.96 bits per heavy atom. The Balaban J connectivity index is 1.66. The molecule has 1 fully saturated rings. The molecule has 1 saturated heterocycles. The summed E-state index contributed by atoms with van der Waals surface area (Å²) in [5.41, 5.74) is 1.00. The number of fused-ring (bicyclic) bond motifs is 2. The normalized spacial score (nSPS) is 15.2. The Kier molecular flexibility index (Phi) is 3.87. The van der Waals surface area contributed by atoms with E-state index >= 15 is 0 Å². The number of hydrogen-bond acceptors (Lipinski definition) is 6. The van der Waals surface area contributed by atoms with E-state index in [9.17, 15) is 13.9 Å². The van der Waals surface area contributed by atoms with Crippen molar-refractivity contribution in [3.63, 3.8) is 0 Å². The highest BCUT2D eigenvalue weighted by atomic mass is 32.2. The predicted octanol–water partition coefficient (Wildman–Crippen LogP) is 5.94. The molecule has 0 atom stereocenters. The van der Waals surface area contributed by atoms with Crippen molar-refractivity contribution < 1.29 is 13.9 Å². The summed E-state index contributed by atoms with van der Waals surface area (Å²) in [5.74, 6) is -0.148. The van der Waals surface area contributed by atoms with Gasteiger partial charge in [-0.25, -0.2) is 13.8 Å². The van der Waals surface area contributed by atoms with Gasteiger partial charge in [0, 0.05) is 23.0 Å². The zero-order valence-corrected chi connectivity index (χ0v) is 15.4. The van der Waals surface area contributed by atoms with E-state index in [0.717, 1.165) is 27.8 Å². The van der Waals surface area contributed by atoms with Gasteiger partial charge in [-0.05, 0) is 18.2 Å². The highest BCUT2D eigenvalue weighted by Crippen LogP contribution is 2.46. The molecule has 1 N–H and O–H groups in total. The van der Waals surface area contributed by atoms with Crippen molar-refractivity contribution in [3.05, 3.63) is 48.0 Å². The van der Waals surface area contributed by atoms with E-state index in [4.69, 9.17) is 0 Å². The molecule has 0 radical (unpaired) electrons. The average Bonchev–Trinajstić information content (AvgIpc) is 3.11. The van der Waals surface area contributed by atoms with E-state index in [2.05, 4.69) is 15.2 Å². The number of halogens is 2. The fourth-order valence-corrected chi connectivity index (χ4v) is 4.69. The van der Waals surface area contributed by atoms with Gasteiger partial charge in [0.05, 0.1) is 21.8 Å². The van der Waals surface area contributed by atoms with Crippen molar-refractivity contribution >= 4 is 55.0 Å². The van der Waals surface area contributed by atoms with Gasteiger partial charge < -0.3 is 9.67 Å². The monoisotopic (exact) mass is 402 g/mol. The minimum absolute atomic E-state index is 0.0520. The second-order valence-corrected chi connectivity index (χ2v) is 8.27. The zero-order chi connectivity index (χ0) is 18.5. The van der Waals surface area contributed by atoms with E-state index in [-0.39, 0.29) is 28.5 Å². The second-order valence-electron chi connectivity index (χ2n) is 6.18. The topological polar surface area (TPSA) is 62.8 Å². The Labute approximate surface area is 160 Å². The molecule has 0 bridgehead atoms. The number of benzene rings is 2. The molecule has 0 saturated carbocycles. The first-order valence-corrected chi connectivity index (χ1v) is 10.2. The van der Waals surface area contributed by atoms with Crippen LogP contribution < -0.4 is 0 Å². The molecular formula is C18H12F2N4OS2. The van der Waals surface area contributed by atoms with Crippen molar-refractivity contribution in [2.24, 2.45) is 10.2 Å². The maximum Gasteiger partial charge on any atom is 0.231 e. The van der Waals surface area contributed by atoms with Crippen molar-refractivity contribution in [2.45, 2.75) is 6.04 Å². The van der Waals surface area contributed by atoms with E-state index < -0.39 is 11.6 Å². The summed E-state index contributed by atoms with van der Waals surface area (Å²) in [6, 6.07) is 9.52. The van der Waals surface area contributed by atoms with Crippen LogP contribution in [0, 0.1) is 11.6 Å². The predicted molar refractivity (Wildman–Crippen MR) is 104 cm³/mol. The molecule has 5 nitrogen and oxygen atoms in total. The lowest BCUT2D eigenvalue weighted by molar-refractivity contribution is 0.404. The van der Waals surface area contributed by atoms with Crippen LogP contribution in [0.1, 0.15) is 6.04 Å². The van der Waals surface area contributed by atoms with Crippen LogP contribution in [-0.4, -0.2) is 26.2 Å². The molecule has 3 heterocycles. The summed E-state index contributed by atoms with van der Waals surface area (Å²) in [7, 11) is 0. The van der Waals surface area contributed by atoms with Gasteiger partial charge in [0.25, 0.3) is 0 Å². The molecule has 4 aromatic rings. The molecule has 2 aromatic heterocycles. The van der Waals surface area contributed by atoms with E-state index in [1.165, 1.54) is 22.0 Å². The summed E-state index contributed by atoms with van der Waals surface area (Å²) in [6.07, 6.45) is 0. The van der Waals surface area contributed by atoms with Gasteiger partial charge in [0.1, 0.15) is 5.82 Å². The summed E-state index contributed by atoms with van der Waals surface area (Å²) in [5, 5.41) is 19.5. The largest absolute Gasteiger partial charge is 0.493 e. The van der Waals surface area contributed by atoms with Gasteiger partial charge in [0.2, 0.25) is 11.0 Å². The van der Waals surface area contributed by atoms with Crippen LogP contribution in [0.25, 0.3) is 21.1 Å². The van der Waals surface area contributed by atoms with E-state index in [1.54, 1.807) is 11.8 Å². The summed E-state index contributed by atoms with van der Waals surface area (Å²) >= 11 is 3.05. The van der Waals surface area contributed by atoms with Gasteiger partial charge in [0.15, 0.2) is 11.5 Å². The van der Waals surface area contributed by atoms with Crippen LogP contribution in [-0.2, 0) is 0 Å². The van der Waals surface area contributed by atoms with Gasteiger partial charge >= 0.3 is 0 Å². The lowest BCUT2D eigenvalue weighted by Crippen LogP contribution is -2.22. The lowest BCUT2D eigenvalue weighted by Gasteiger charge is -2.27. The number of rotatable bonds is 3. The molecule has 1 aliphatic heterocycles. The first-order valence-electron chi connectivity index (χ1n) is 8.19. The third-order valence-electron chi connectivity index (χ3n) is 4.47. The molecule has 9 heteroatoms. The molecule has 136 valence electrons. The number of azo groups is 1. The van der Waals surface area contributed by atoms with Gasteiger partial charge in [-0.15, -0.1) is 10.2 Å². The highest BCUT2D eigenvalue weighted by molar-refractivity contribution is 8.00. The van der Waals surface area contributed by atoms with Gasteiger partial charge in [-0.2, -0.15) is 11.8 Å².